The lowest BCUT2D eigenvalue weighted by molar-refractivity contribution is 0.301. The molecule has 0 saturated carbocycles. The van der Waals surface area contributed by atoms with E-state index in [0.29, 0.717) is 5.92 Å². The van der Waals surface area contributed by atoms with Crippen LogP contribution in [0.2, 0.25) is 0 Å². The van der Waals surface area contributed by atoms with Crippen LogP contribution in [0.5, 0.6) is 0 Å². The number of hydrogen-bond donors (Lipinski definition) is 2. The second-order valence-electron chi connectivity index (χ2n) is 2.78. The predicted octanol–water partition coefficient (Wildman–Crippen LogP) is 0.944. The van der Waals surface area contributed by atoms with E-state index < -0.39 is 0 Å². The Kier molecular flexibility index (Phi) is 4.32. The smallest absolute Gasteiger partial charge is 0.0647 e. The van der Waals surface area contributed by atoms with Gasteiger partial charge < -0.3 is 10.2 Å². The molecule has 0 amide bonds. The Morgan fingerprint density at radius 1 is 1.20 bits per heavy atom. The number of aliphatic hydroxyl groups excluding tert-OH is 2. The fourth-order valence-corrected chi connectivity index (χ4v) is 0.912. The molecule has 0 aliphatic heterocycles. The summed E-state index contributed by atoms with van der Waals surface area (Å²) in [6.07, 6.45) is 0. The zero-order chi connectivity index (χ0) is 8.15. The summed E-state index contributed by atoms with van der Waals surface area (Å²) in [7, 11) is 0. The number of aliphatic hydroxyl groups is 2. The minimum atomic E-state index is 0.0497. The second kappa shape index (κ2) is 4.47. The highest BCUT2D eigenvalue weighted by Gasteiger charge is 2.04. The lowest BCUT2D eigenvalue weighted by atomic mass is 9.99. The summed E-state index contributed by atoms with van der Waals surface area (Å²) >= 11 is 0. The molecular formula is C8H16O2. The lowest BCUT2D eigenvalue weighted by Gasteiger charge is -2.10. The van der Waals surface area contributed by atoms with E-state index in [1.54, 1.807) is 0 Å². The van der Waals surface area contributed by atoms with Gasteiger partial charge in [0, 0.05) is 0 Å². The van der Waals surface area contributed by atoms with Crippen LogP contribution in [0.3, 0.4) is 0 Å². The molecule has 0 aromatic heterocycles. The topological polar surface area (TPSA) is 40.5 Å². The van der Waals surface area contributed by atoms with Gasteiger partial charge >= 0.3 is 0 Å². The third-order valence-corrected chi connectivity index (χ3v) is 1.65. The van der Waals surface area contributed by atoms with Crippen molar-refractivity contribution in [2.45, 2.75) is 20.8 Å². The quantitative estimate of drug-likeness (QED) is 0.579. The first-order valence-electron chi connectivity index (χ1n) is 3.53. The summed E-state index contributed by atoms with van der Waals surface area (Å²) in [5, 5.41) is 17.5. The summed E-state index contributed by atoms with van der Waals surface area (Å²) in [5.74, 6) is 0.331. The largest absolute Gasteiger partial charge is 0.392 e. The van der Waals surface area contributed by atoms with Crippen molar-refractivity contribution in [1.29, 1.82) is 0 Å². The molecule has 2 heteroatoms. The van der Waals surface area contributed by atoms with Crippen molar-refractivity contribution in [3.05, 3.63) is 11.1 Å². The average Bonchev–Trinajstić information content (AvgIpc) is 1.88. The van der Waals surface area contributed by atoms with Crippen LogP contribution in [0, 0.1) is 5.92 Å². The molecule has 0 fully saturated rings. The van der Waals surface area contributed by atoms with E-state index in [9.17, 15) is 0 Å². The molecule has 0 unspecified atom stereocenters. The highest BCUT2D eigenvalue weighted by Crippen LogP contribution is 2.12. The SMILES string of the molecule is CC(CO)=C(CO)C(C)C. The Morgan fingerprint density at radius 2 is 1.70 bits per heavy atom. The van der Waals surface area contributed by atoms with Crippen molar-refractivity contribution in [3.63, 3.8) is 0 Å². The van der Waals surface area contributed by atoms with E-state index in [-0.39, 0.29) is 13.2 Å². The van der Waals surface area contributed by atoms with Gasteiger partial charge in [0.1, 0.15) is 0 Å². The van der Waals surface area contributed by atoms with Crippen LogP contribution in [-0.4, -0.2) is 23.4 Å². The molecule has 2 N–H and O–H groups in total. The Hall–Kier alpha value is -0.340. The lowest BCUT2D eigenvalue weighted by Crippen LogP contribution is -2.04. The number of rotatable bonds is 3. The van der Waals surface area contributed by atoms with Gasteiger partial charge in [-0.25, -0.2) is 0 Å². The highest BCUT2D eigenvalue weighted by atomic mass is 16.3. The maximum atomic E-state index is 8.83. The summed E-state index contributed by atoms with van der Waals surface area (Å²) in [6, 6.07) is 0. The van der Waals surface area contributed by atoms with Gasteiger partial charge in [0.15, 0.2) is 0 Å². The van der Waals surface area contributed by atoms with Crippen molar-refractivity contribution in [1.82, 2.24) is 0 Å². The standard InChI is InChI=1S/C8H16O2/c1-6(2)8(5-10)7(3)4-9/h6,9-10H,4-5H2,1-3H3. The molecule has 0 rings (SSSR count). The highest BCUT2D eigenvalue weighted by molar-refractivity contribution is 5.14. The molecule has 0 aromatic rings. The number of hydrogen-bond acceptors (Lipinski definition) is 2. The summed E-state index contributed by atoms with van der Waals surface area (Å²) in [5.41, 5.74) is 1.83. The molecule has 0 heterocycles. The molecular weight excluding hydrogens is 128 g/mol. The molecule has 0 aromatic carbocycles. The monoisotopic (exact) mass is 144 g/mol. The fraction of sp³-hybridized carbons (Fsp3) is 0.750. The van der Waals surface area contributed by atoms with Crippen molar-refractivity contribution < 1.29 is 10.2 Å². The molecule has 0 aliphatic carbocycles. The second-order valence-corrected chi connectivity index (χ2v) is 2.78. The summed E-state index contributed by atoms with van der Waals surface area (Å²) < 4.78 is 0. The molecule has 60 valence electrons. The Bertz CT molecular complexity index is 125. The first-order chi connectivity index (χ1) is 4.63. The van der Waals surface area contributed by atoms with Gasteiger partial charge in [-0.3, -0.25) is 0 Å². The predicted molar refractivity (Wildman–Crippen MR) is 41.7 cm³/mol. The van der Waals surface area contributed by atoms with Gasteiger partial charge in [-0.2, -0.15) is 0 Å². The fourth-order valence-electron chi connectivity index (χ4n) is 0.912. The van der Waals surface area contributed by atoms with E-state index in [0.717, 1.165) is 11.1 Å². The molecule has 0 aliphatic rings. The summed E-state index contributed by atoms with van der Waals surface area (Å²) in [6.45, 7) is 5.96. The third kappa shape index (κ3) is 2.50. The van der Waals surface area contributed by atoms with Crippen LogP contribution in [-0.2, 0) is 0 Å². The van der Waals surface area contributed by atoms with E-state index >= 15 is 0 Å². The first kappa shape index (κ1) is 9.66. The molecule has 10 heavy (non-hydrogen) atoms. The van der Waals surface area contributed by atoms with Crippen LogP contribution in [0.15, 0.2) is 11.1 Å². The van der Waals surface area contributed by atoms with Gasteiger partial charge in [-0.15, -0.1) is 0 Å². The van der Waals surface area contributed by atoms with Gasteiger partial charge in [-0.1, -0.05) is 13.8 Å². The van der Waals surface area contributed by atoms with Gasteiger partial charge in [-0.05, 0) is 24.0 Å². The van der Waals surface area contributed by atoms with Crippen LogP contribution < -0.4 is 0 Å². The van der Waals surface area contributed by atoms with E-state index in [1.807, 2.05) is 20.8 Å². The summed E-state index contributed by atoms with van der Waals surface area (Å²) in [4.78, 5) is 0. The minimum Gasteiger partial charge on any atom is -0.392 e. The minimum absolute atomic E-state index is 0.0497. The normalized spacial score (nSPS) is 13.8. The van der Waals surface area contributed by atoms with Gasteiger partial charge in [0.2, 0.25) is 0 Å². The zero-order valence-electron chi connectivity index (χ0n) is 6.89. The molecule has 0 saturated heterocycles. The van der Waals surface area contributed by atoms with Crippen molar-refractivity contribution in [3.8, 4) is 0 Å². The third-order valence-electron chi connectivity index (χ3n) is 1.65. The van der Waals surface area contributed by atoms with E-state index in [1.165, 1.54) is 0 Å². The average molecular weight is 144 g/mol. The van der Waals surface area contributed by atoms with Crippen LogP contribution in [0.1, 0.15) is 20.8 Å². The molecule has 0 bridgehead atoms. The Morgan fingerprint density at radius 3 is 1.80 bits per heavy atom. The molecule has 0 radical (unpaired) electrons. The van der Waals surface area contributed by atoms with Crippen molar-refractivity contribution in [2.75, 3.05) is 13.2 Å². The van der Waals surface area contributed by atoms with E-state index in [2.05, 4.69) is 0 Å². The van der Waals surface area contributed by atoms with Gasteiger partial charge in [0.25, 0.3) is 0 Å². The Balaban J connectivity index is 4.29. The van der Waals surface area contributed by atoms with Crippen LogP contribution in [0.4, 0.5) is 0 Å². The molecule has 0 spiro atoms. The van der Waals surface area contributed by atoms with Crippen LogP contribution >= 0.6 is 0 Å². The maximum Gasteiger partial charge on any atom is 0.0647 e. The Labute approximate surface area is 62.2 Å². The molecule has 0 atom stereocenters. The van der Waals surface area contributed by atoms with E-state index in [4.69, 9.17) is 10.2 Å². The van der Waals surface area contributed by atoms with Crippen molar-refractivity contribution in [2.24, 2.45) is 5.92 Å². The van der Waals surface area contributed by atoms with Crippen LogP contribution in [0.25, 0.3) is 0 Å². The van der Waals surface area contributed by atoms with Gasteiger partial charge in [0.05, 0.1) is 13.2 Å². The molecule has 2 nitrogen and oxygen atoms in total. The first-order valence-corrected chi connectivity index (χ1v) is 3.53. The zero-order valence-corrected chi connectivity index (χ0v) is 6.89. The maximum absolute atomic E-state index is 8.83. The van der Waals surface area contributed by atoms with Crippen molar-refractivity contribution >= 4 is 0 Å².